The molecule has 0 bridgehead atoms. The molecule has 0 radical (unpaired) electrons. The van der Waals surface area contributed by atoms with E-state index in [0.29, 0.717) is 18.7 Å². The Morgan fingerprint density at radius 1 is 1.23 bits per heavy atom. The van der Waals surface area contributed by atoms with Gasteiger partial charge in [-0.2, -0.15) is 5.10 Å². The molecule has 1 saturated heterocycles. The van der Waals surface area contributed by atoms with Crippen LogP contribution in [0.2, 0.25) is 0 Å². The minimum atomic E-state index is 0.0355. The van der Waals surface area contributed by atoms with Gasteiger partial charge >= 0.3 is 0 Å². The summed E-state index contributed by atoms with van der Waals surface area (Å²) < 4.78 is 13.7. The zero-order valence-corrected chi connectivity index (χ0v) is 14.9. The van der Waals surface area contributed by atoms with E-state index < -0.39 is 0 Å². The van der Waals surface area contributed by atoms with E-state index in [4.69, 9.17) is 14.5 Å². The summed E-state index contributed by atoms with van der Waals surface area (Å²) in [6, 6.07) is 7.67. The van der Waals surface area contributed by atoms with E-state index in [1.807, 2.05) is 29.9 Å². The Balaban J connectivity index is 1.19. The Kier molecular flexibility index (Phi) is 3.80. The first kappa shape index (κ1) is 15.7. The molecule has 2 fully saturated rings. The van der Waals surface area contributed by atoms with Crippen LogP contribution in [0.4, 0.5) is 0 Å². The monoisotopic (exact) mass is 353 g/mol. The summed E-state index contributed by atoms with van der Waals surface area (Å²) in [4.78, 5) is 11.6. The van der Waals surface area contributed by atoms with Crippen molar-refractivity contribution in [3.8, 4) is 17.1 Å². The van der Waals surface area contributed by atoms with Crippen LogP contribution in [0.3, 0.4) is 0 Å². The van der Waals surface area contributed by atoms with E-state index >= 15 is 0 Å². The number of nitrogens with zero attached hydrogens (tertiary/aromatic N) is 5. The second kappa shape index (κ2) is 6.30. The third-order valence-electron chi connectivity index (χ3n) is 5.54. The molecule has 2 unspecified atom stereocenters. The number of fused-ring (bicyclic) bond motifs is 3. The van der Waals surface area contributed by atoms with Crippen LogP contribution in [0.5, 0.6) is 5.75 Å². The number of aliphatic imine (C=N–C) groups is 1. The zero-order valence-electron chi connectivity index (χ0n) is 14.9. The Morgan fingerprint density at radius 2 is 2.15 bits per heavy atom. The van der Waals surface area contributed by atoms with Gasteiger partial charge in [0.15, 0.2) is 6.10 Å². The second-order valence-electron chi connectivity index (χ2n) is 7.25. The van der Waals surface area contributed by atoms with Gasteiger partial charge in [0, 0.05) is 13.2 Å². The molecule has 26 heavy (non-hydrogen) atoms. The van der Waals surface area contributed by atoms with Crippen LogP contribution in [0.15, 0.2) is 35.6 Å². The third-order valence-corrected chi connectivity index (χ3v) is 5.54. The molecule has 0 spiro atoms. The van der Waals surface area contributed by atoms with Crippen molar-refractivity contribution in [3.63, 3.8) is 0 Å². The molecule has 7 nitrogen and oxygen atoms in total. The quantitative estimate of drug-likeness (QED) is 0.843. The molecule has 2 aliphatic heterocycles. The summed E-state index contributed by atoms with van der Waals surface area (Å²) in [5.74, 6) is 0.754. The summed E-state index contributed by atoms with van der Waals surface area (Å²) >= 11 is 0. The fourth-order valence-corrected chi connectivity index (χ4v) is 4.20. The summed E-state index contributed by atoms with van der Waals surface area (Å²) in [5.41, 5.74) is 1.86. The number of pyridine rings is 1. The average Bonchev–Trinajstić information content (AvgIpc) is 3.34. The van der Waals surface area contributed by atoms with Crippen molar-refractivity contribution < 1.29 is 9.47 Å². The molecule has 1 saturated carbocycles. The summed E-state index contributed by atoms with van der Waals surface area (Å²) in [7, 11) is 1.91. The van der Waals surface area contributed by atoms with Gasteiger partial charge in [-0.15, -0.1) is 0 Å². The van der Waals surface area contributed by atoms with E-state index in [1.54, 1.807) is 12.4 Å². The first-order valence-corrected chi connectivity index (χ1v) is 9.36. The van der Waals surface area contributed by atoms with E-state index in [-0.39, 0.29) is 6.10 Å². The number of ether oxygens (including phenoxy) is 2. The number of amidine groups is 1. The van der Waals surface area contributed by atoms with Gasteiger partial charge in [-0.1, -0.05) is 12.8 Å². The van der Waals surface area contributed by atoms with Crippen molar-refractivity contribution in [2.24, 2.45) is 12.0 Å². The average molecular weight is 353 g/mol. The van der Waals surface area contributed by atoms with Gasteiger partial charge in [-0.3, -0.25) is 9.67 Å². The van der Waals surface area contributed by atoms with Crippen LogP contribution in [0.1, 0.15) is 25.7 Å². The van der Waals surface area contributed by atoms with E-state index in [0.717, 1.165) is 29.7 Å². The first-order chi connectivity index (χ1) is 12.8. The number of hydrogen-bond donors (Lipinski definition) is 0. The minimum absolute atomic E-state index is 0.0355. The fraction of sp³-hybridized carbons (Fsp3) is 0.526. The van der Waals surface area contributed by atoms with Gasteiger partial charge in [0.05, 0.1) is 36.2 Å². The highest BCUT2D eigenvalue weighted by atomic mass is 16.6. The Morgan fingerprint density at radius 3 is 2.96 bits per heavy atom. The van der Waals surface area contributed by atoms with Crippen molar-refractivity contribution in [1.82, 2.24) is 19.7 Å². The van der Waals surface area contributed by atoms with Crippen molar-refractivity contribution in [2.45, 2.75) is 43.9 Å². The van der Waals surface area contributed by atoms with Crippen molar-refractivity contribution in [2.75, 3.05) is 13.2 Å². The summed E-state index contributed by atoms with van der Waals surface area (Å²) in [6.07, 6.45) is 8.58. The third kappa shape index (κ3) is 2.71. The lowest BCUT2D eigenvalue weighted by molar-refractivity contribution is 0.138. The Bertz CT molecular complexity index is 816. The number of aromatic nitrogens is 3. The standard InChI is InChI=1S/C19H23N5O2/c1-23-17(8-9-21-23)15-7-6-13(10-20-15)25-12-14-11-24-18-5-3-2-4-16(18)22-19(24)26-14/h6-10,14,16,18H,2-5,11-12H2,1H3/t14-,16?,18?/m0/s1. The zero-order chi connectivity index (χ0) is 17.5. The Hall–Kier alpha value is -2.57. The number of hydrogen-bond acceptors (Lipinski definition) is 6. The molecule has 5 rings (SSSR count). The molecule has 2 aromatic rings. The minimum Gasteiger partial charge on any atom is -0.488 e. The lowest BCUT2D eigenvalue weighted by atomic mass is 9.91. The first-order valence-electron chi connectivity index (χ1n) is 9.36. The van der Waals surface area contributed by atoms with E-state index in [2.05, 4.69) is 15.0 Å². The Labute approximate surface area is 152 Å². The van der Waals surface area contributed by atoms with E-state index in [9.17, 15) is 0 Å². The normalized spacial score (nSPS) is 26.9. The van der Waals surface area contributed by atoms with Crippen molar-refractivity contribution in [3.05, 3.63) is 30.6 Å². The lowest BCUT2D eigenvalue weighted by Gasteiger charge is -2.29. The van der Waals surface area contributed by atoms with Gasteiger partial charge in [0.25, 0.3) is 6.02 Å². The van der Waals surface area contributed by atoms with Crippen LogP contribution in [-0.2, 0) is 11.8 Å². The smallest absolute Gasteiger partial charge is 0.288 e. The maximum Gasteiger partial charge on any atom is 0.288 e. The molecule has 1 aliphatic carbocycles. The van der Waals surface area contributed by atoms with Crippen LogP contribution >= 0.6 is 0 Å². The largest absolute Gasteiger partial charge is 0.488 e. The van der Waals surface area contributed by atoms with Gasteiger partial charge in [0.2, 0.25) is 0 Å². The molecular formula is C19H23N5O2. The highest BCUT2D eigenvalue weighted by molar-refractivity contribution is 5.78. The molecule has 3 aliphatic rings. The predicted molar refractivity (Wildman–Crippen MR) is 97.0 cm³/mol. The van der Waals surface area contributed by atoms with Crippen molar-refractivity contribution >= 4 is 6.02 Å². The van der Waals surface area contributed by atoms with Gasteiger partial charge in [0.1, 0.15) is 12.4 Å². The van der Waals surface area contributed by atoms with Crippen LogP contribution in [0.25, 0.3) is 11.4 Å². The SMILES string of the molecule is Cn1nccc1-c1ccc(OC[C@@H]2CN3C(=NC4CCCCC43)O2)cn1. The molecule has 136 valence electrons. The molecular weight excluding hydrogens is 330 g/mol. The maximum absolute atomic E-state index is 6.02. The van der Waals surface area contributed by atoms with Crippen molar-refractivity contribution in [1.29, 1.82) is 0 Å². The topological polar surface area (TPSA) is 64.8 Å². The van der Waals surface area contributed by atoms with E-state index in [1.165, 1.54) is 25.7 Å². The molecule has 3 atom stereocenters. The van der Waals surface area contributed by atoms with Gasteiger partial charge < -0.3 is 14.4 Å². The van der Waals surface area contributed by atoms with Crippen LogP contribution < -0.4 is 4.74 Å². The molecule has 0 amide bonds. The molecule has 0 N–H and O–H groups in total. The molecule has 7 heteroatoms. The molecule has 2 aromatic heterocycles. The fourth-order valence-electron chi connectivity index (χ4n) is 4.20. The highest BCUT2D eigenvalue weighted by Crippen LogP contribution is 2.34. The van der Waals surface area contributed by atoms with Gasteiger partial charge in [-0.05, 0) is 31.0 Å². The number of aryl methyl sites for hydroxylation is 1. The van der Waals surface area contributed by atoms with Crippen LogP contribution in [-0.4, -0.2) is 57.0 Å². The lowest BCUT2D eigenvalue weighted by Crippen LogP contribution is -2.40. The number of rotatable bonds is 4. The highest BCUT2D eigenvalue weighted by Gasteiger charge is 2.44. The maximum atomic E-state index is 6.02. The molecule has 0 aromatic carbocycles. The second-order valence-corrected chi connectivity index (χ2v) is 7.25. The van der Waals surface area contributed by atoms with Crippen LogP contribution in [0, 0.1) is 0 Å². The van der Waals surface area contributed by atoms with Gasteiger partial charge in [-0.25, -0.2) is 4.99 Å². The predicted octanol–water partition coefficient (Wildman–Crippen LogP) is 2.24. The summed E-state index contributed by atoms with van der Waals surface area (Å²) in [5, 5.41) is 4.17. The summed E-state index contributed by atoms with van der Waals surface area (Å²) in [6.45, 7) is 1.39. The molecule has 4 heterocycles.